The summed E-state index contributed by atoms with van der Waals surface area (Å²) in [4.78, 5) is 11.3. The maximum Gasteiger partial charge on any atom is 0.235 e. The van der Waals surface area contributed by atoms with Crippen LogP contribution in [-0.4, -0.2) is 22.1 Å². The normalized spacial score (nSPS) is 24.7. The molecular formula is C13H19N3O2. The van der Waals surface area contributed by atoms with Crippen molar-refractivity contribution in [2.45, 2.75) is 58.0 Å². The van der Waals surface area contributed by atoms with Crippen LogP contribution in [0.3, 0.4) is 0 Å². The number of carbonyl (C=O) groups excluding carboxylic acids is 1. The molecule has 1 aliphatic carbocycles. The number of hydrogen-bond acceptors (Lipinski definition) is 4. The molecular weight excluding hydrogens is 230 g/mol. The average Bonchev–Trinajstić information content (AvgIpc) is 2.75. The molecule has 5 heteroatoms. The second kappa shape index (κ2) is 4.72. The van der Waals surface area contributed by atoms with Gasteiger partial charge in [0.05, 0.1) is 6.54 Å². The first-order valence-electron chi connectivity index (χ1n) is 6.76. The van der Waals surface area contributed by atoms with E-state index in [0.717, 1.165) is 24.3 Å². The zero-order chi connectivity index (χ0) is 12.5. The van der Waals surface area contributed by atoms with Crippen LogP contribution < -0.4 is 5.43 Å². The molecule has 0 bridgehead atoms. The summed E-state index contributed by atoms with van der Waals surface area (Å²) < 4.78 is 5.45. The van der Waals surface area contributed by atoms with Crippen molar-refractivity contribution in [2.75, 3.05) is 0 Å². The van der Waals surface area contributed by atoms with Crippen molar-refractivity contribution in [3.8, 4) is 0 Å². The van der Waals surface area contributed by atoms with Crippen molar-refractivity contribution < 1.29 is 9.32 Å². The summed E-state index contributed by atoms with van der Waals surface area (Å²) >= 11 is 0. The Morgan fingerprint density at radius 3 is 3.00 bits per heavy atom. The fourth-order valence-corrected chi connectivity index (χ4v) is 2.80. The van der Waals surface area contributed by atoms with Crippen molar-refractivity contribution in [1.82, 2.24) is 15.6 Å². The Labute approximate surface area is 106 Å². The van der Waals surface area contributed by atoms with Crippen LogP contribution >= 0.6 is 0 Å². The molecule has 1 N–H and O–H groups in total. The Morgan fingerprint density at radius 1 is 1.39 bits per heavy atom. The maximum atomic E-state index is 11.3. The molecule has 2 heterocycles. The molecule has 1 fully saturated rings. The molecule has 1 saturated heterocycles. The summed E-state index contributed by atoms with van der Waals surface area (Å²) in [5.74, 6) is 1.15. The zero-order valence-corrected chi connectivity index (χ0v) is 10.7. The first-order chi connectivity index (χ1) is 8.74. The molecule has 1 aromatic heterocycles. The van der Waals surface area contributed by atoms with Crippen LogP contribution in [-0.2, 0) is 24.2 Å². The van der Waals surface area contributed by atoms with E-state index in [4.69, 9.17) is 4.52 Å². The summed E-state index contributed by atoms with van der Waals surface area (Å²) in [6.07, 6.45) is 6.30. The van der Waals surface area contributed by atoms with E-state index in [1.807, 2.05) is 5.01 Å². The van der Waals surface area contributed by atoms with Crippen LogP contribution in [0.1, 0.15) is 49.6 Å². The molecule has 1 aromatic rings. The van der Waals surface area contributed by atoms with Gasteiger partial charge < -0.3 is 4.52 Å². The van der Waals surface area contributed by atoms with Gasteiger partial charge in [-0.2, -0.15) is 0 Å². The van der Waals surface area contributed by atoms with Gasteiger partial charge in [0.2, 0.25) is 5.91 Å². The Morgan fingerprint density at radius 2 is 2.22 bits per heavy atom. The van der Waals surface area contributed by atoms with Crippen LogP contribution in [0.2, 0.25) is 0 Å². The van der Waals surface area contributed by atoms with Crippen LogP contribution in [0.5, 0.6) is 0 Å². The van der Waals surface area contributed by atoms with Crippen molar-refractivity contribution in [3.05, 3.63) is 17.0 Å². The van der Waals surface area contributed by atoms with E-state index in [1.165, 1.54) is 24.8 Å². The molecule has 1 amide bonds. The minimum absolute atomic E-state index is 0.0945. The molecule has 3 rings (SSSR count). The molecule has 0 spiro atoms. The van der Waals surface area contributed by atoms with Gasteiger partial charge in [0.25, 0.3) is 0 Å². The fourth-order valence-electron chi connectivity index (χ4n) is 2.80. The molecule has 0 radical (unpaired) electrons. The van der Waals surface area contributed by atoms with Gasteiger partial charge in [0.1, 0.15) is 11.5 Å². The number of aryl methyl sites for hydroxylation is 1. The van der Waals surface area contributed by atoms with E-state index in [9.17, 15) is 4.79 Å². The molecule has 1 unspecified atom stereocenters. The van der Waals surface area contributed by atoms with Gasteiger partial charge in [0, 0.05) is 24.4 Å². The van der Waals surface area contributed by atoms with Crippen LogP contribution in [0, 0.1) is 0 Å². The SMILES string of the molecule is CC1CC(=O)NN1Cc1noc2c1CCCCC2. The highest BCUT2D eigenvalue weighted by Gasteiger charge is 2.28. The van der Waals surface area contributed by atoms with Gasteiger partial charge in [-0.05, 0) is 26.2 Å². The number of hydrogen-bond donors (Lipinski definition) is 1. The van der Waals surface area contributed by atoms with Gasteiger partial charge in [0.15, 0.2) is 0 Å². The lowest BCUT2D eigenvalue weighted by molar-refractivity contribution is -0.121. The zero-order valence-electron chi connectivity index (χ0n) is 10.7. The van der Waals surface area contributed by atoms with E-state index in [2.05, 4.69) is 17.5 Å². The Kier molecular flexibility index (Phi) is 3.07. The smallest absolute Gasteiger partial charge is 0.235 e. The lowest BCUT2D eigenvalue weighted by Gasteiger charge is -2.18. The number of fused-ring (bicyclic) bond motifs is 1. The van der Waals surface area contributed by atoms with Crippen molar-refractivity contribution in [2.24, 2.45) is 0 Å². The largest absolute Gasteiger partial charge is 0.361 e. The van der Waals surface area contributed by atoms with E-state index in [0.29, 0.717) is 13.0 Å². The third-order valence-electron chi connectivity index (χ3n) is 3.88. The second-order valence-corrected chi connectivity index (χ2v) is 5.31. The molecule has 2 aliphatic rings. The number of amides is 1. The quantitative estimate of drug-likeness (QED) is 0.808. The van der Waals surface area contributed by atoms with Crippen molar-refractivity contribution in [3.63, 3.8) is 0 Å². The van der Waals surface area contributed by atoms with E-state index < -0.39 is 0 Å². The van der Waals surface area contributed by atoms with Gasteiger partial charge in [-0.25, -0.2) is 5.01 Å². The summed E-state index contributed by atoms with van der Waals surface area (Å²) in [6.45, 7) is 2.71. The predicted molar refractivity (Wildman–Crippen MR) is 65.5 cm³/mol. The molecule has 5 nitrogen and oxygen atoms in total. The first kappa shape index (κ1) is 11.7. The van der Waals surface area contributed by atoms with E-state index >= 15 is 0 Å². The lowest BCUT2D eigenvalue weighted by atomic mass is 10.1. The Hall–Kier alpha value is -1.36. The van der Waals surface area contributed by atoms with E-state index in [-0.39, 0.29) is 11.9 Å². The third kappa shape index (κ3) is 2.14. The number of aromatic nitrogens is 1. The molecule has 1 aliphatic heterocycles. The first-order valence-corrected chi connectivity index (χ1v) is 6.76. The number of rotatable bonds is 2. The summed E-state index contributed by atoms with van der Waals surface area (Å²) in [5, 5.41) is 6.16. The minimum atomic E-state index is 0.0945. The lowest BCUT2D eigenvalue weighted by Crippen LogP contribution is -2.36. The van der Waals surface area contributed by atoms with Gasteiger partial charge in [-0.15, -0.1) is 0 Å². The van der Waals surface area contributed by atoms with Crippen LogP contribution in [0.4, 0.5) is 0 Å². The number of hydrazine groups is 1. The molecule has 1 atom stereocenters. The minimum Gasteiger partial charge on any atom is -0.361 e. The predicted octanol–water partition coefficient (Wildman–Crippen LogP) is 1.57. The highest BCUT2D eigenvalue weighted by molar-refractivity contribution is 5.77. The third-order valence-corrected chi connectivity index (χ3v) is 3.88. The Bertz CT molecular complexity index is 455. The monoisotopic (exact) mass is 249 g/mol. The Balaban J connectivity index is 1.77. The number of carbonyl (C=O) groups is 1. The highest BCUT2D eigenvalue weighted by atomic mass is 16.5. The van der Waals surface area contributed by atoms with Gasteiger partial charge in [-0.1, -0.05) is 11.6 Å². The molecule has 98 valence electrons. The summed E-state index contributed by atoms with van der Waals surface area (Å²) in [5.41, 5.74) is 5.16. The van der Waals surface area contributed by atoms with Crippen LogP contribution in [0.25, 0.3) is 0 Å². The highest BCUT2D eigenvalue weighted by Crippen LogP contribution is 2.25. The number of nitrogens with zero attached hydrogens (tertiary/aromatic N) is 2. The topological polar surface area (TPSA) is 58.4 Å². The van der Waals surface area contributed by atoms with Crippen molar-refractivity contribution in [1.29, 1.82) is 0 Å². The maximum absolute atomic E-state index is 11.3. The standard InChI is InChI=1S/C13H19N3O2/c1-9-7-13(17)14-16(9)8-11-10-5-3-2-4-6-12(10)18-15-11/h9H,2-8H2,1H3,(H,14,17). The average molecular weight is 249 g/mol. The molecule has 0 aromatic carbocycles. The number of nitrogens with one attached hydrogen (secondary N) is 1. The fraction of sp³-hybridized carbons (Fsp3) is 0.692. The summed E-state index contributed by atoms with van der Waals surface area (Å²) in [6, 6.07) is 0.232. The van der Waals surface area contributed by atoms with Crippen molar-refractivity contribution >= 4 is 5.91 Å². The molecule has 18 heavy (non-hydrogen) atoms. The molecule has 0 saturated carbocycles. The second-order valence-electron chi connectivity index (χ2n) is 5.31. The van der Waals surface area contributed by atoms with E-state index in [1.54, 1.807) is 0 Å². The van der Waals surface area contributed by atoms with Crippen LogP contribution in [0.15, 0.2) is 4.52 Å². The van der Waals surface area contributed by atoms with Gasteiger partial charge >= 0.3 is 0 Å². The summed E-state index contributed by atoms with van der Waals surface area (Å²) in [7, 11) is 0. The van der Waals surface area contributed by atoms with Gasteiger partial charge in [-0.3, -0.25) is 10.2 Å².